The summed E-state index contributed by atoms with van der Waals surface area (Å²) in [5.74, 6) is -1.78. The smallest absolute Gasteiger partial charge is 0.472 e. The van der Waals surface area contributed by atoms with Crippen LogP contribution < -0.4 is 5.73 Å². The first-order valence-electron chi connectivity index (χ1n) is 19.2. The number of rotatable bonds is 37. The normalized spacial score (nSPS) is 14.2. The minimum absolute atomic E-state index is 0.0175. The van der Waals surface area contributed by atoms with Crippen LogP contribution in [0.1, 0.15) is 174 Å². The van der Waals surface area contributed by atoms with Gasteiger partial charge in [0.15, 0.2) is 0 Å². The highest BCUT2D eigenvalue weighted by atomic mass is 31.2. The summed E-state index contributed by atoms with van der Waals surface area (Å²) in [6.45, 7) is 3.85. The number of phosphoric ester groups is 1. The van der Waals surface area contributed by atoms with E-state index < -0.39 is 45.1 Å². The minimum atomic E-state index is -4.60. The Balaban J connectivity index is 4.29. The van der Waals surface area contributed by atoms with Crippen molar-refractivity contribution in [2.24, 2.45) is 5.73 Å². The third-order valence-electron chi connectivity index (χ3n) is 8.29. The van der Waals surface area contributed by atoms with Crippen LogP contribution in [0.15, 0.2) is 12.2 Å². The van der Waals surface area contributed by atoms with Gasteiger partial charge in [-0.1, -0.05) is 142 Å². The van der Waals surface area contributed by atoms with Gasteiger partial charge in [-0.15, -0.1) is 0 Å². The molecule has 48 heavy (non-hydrogen) atoms. The van der Waals surface area contributed by atoms with Crippen molar-refractivity contribution < 1.29 is 42.7 Å². The van der Waals surface area contributed by atoms with Crippen LogP contribution in [-0.4, -0.2) is 60.5 Å². The average molecular weight is 706 g/mol. The van der Waals surface area contributed by atoms with Crippen molar-refractivity contribution in [3.05, 3.63) is 12.2 Å². The van der Waals surface area contributed by atoms with Crippen molar-refractivity contribution in [1.29, 1.82) is 0 Å². The Bertz CT molecular complexity index is 827. The van der Waals surface area contributed by atoms with Gasteiger partial charge in [0.25, 0.3) is 0 Å². The molecule has 0 fully saturated rings. The number of hydrogen-bond donors (Lipinski definition) is 3. The van der Waals surface area contributed by atoms with E-state index in [4.69, 9.17) is 24.8 Å². The maximum atomic E-state index is 12.5. The van der Waals surface area contributed by atoms with E-state index >= 15 is 0 Å². The van der Waals surface area contributed by atoms with Gasteiger partial charge in [-0.3, -0.25) is 18.6 Å². The summed E-state index contributed by atoms with van der Waals surface area (Å²) in [5.41, 5.74) is 5.33. The van der Waals surface area contributed by atoms with Crippen LogP contribution in [0.25, 0.3) is 0 Å². The SMILES string of the molecule is CCCCCC/C=C\CCCCCCCCOCC(COP(=O)(O)OCC(N)C(=O)O)OC(=O)CCCCCCCCCCCCCC. The summed E-state index contributed by atoms with van der Waals surface area (Å²) in [4.78, 5) is 33.3. The molecule has 0 aromatic heterocycles. The molecule has 0 amide bonds. The molecule has 0 heterocycles. The number of ether oxygens (including phenoxy) is 2. The van der Waals surface area contributed by atoms with Gasteiger partial charge in [-0.25, -0.2) is 4.57 Å². The maximum absolute atomic E-state index is 12.5. The lowest BCUT2D eigenvalue weighted by Crippen LogP contribution is -2.34. The molecule has 0 spiro atoms. The summed E-state index contributed by atoms with van der Waals surface area (Å²) in [7, 11) is -4.60. The number of allylic oxidation sites excluding steroid dienone is 2. The van der Waals surface area contributed by atoms with Crippen LogP contribution in [-0.2, 0) is 32.7 Å². The molecule has 3 unspecified atom stereocenters. The second-order valence-corrected chi connectivity index (χ2v) is 14.5. The summed E-state index contributed by atoms with van der Waals surface area (Å²) >= 11 is 0. The third kappa shape index (κ3) is 33.2. The van der Waals surface area contributed by atoms with Crippen molar-refractivity contribution in [3.63, 3.8) is 0 Å². The van der Waals surface area contributed by atoms with Crippen molar-refractivity contribution in [1.82, 2.24) is 0 Å². The van der Waals surface area contributed by atoms with Crippen molar-refractivity contribution >= 4 is 19.8 Å². The number of unbranched alkanes of at least 4 members (excludes halogenated alkanes) is 21. The van der Waals surface area contributed by atoms with Gasteiger partial charge in [-0.05, 0) is 38.5 Å². The fraction of sp³-hybridized carbons (Fsp3) is 0.892. The quantitative estimate of drug-likeness (QED) is 0.0246. The van der Waals surface area contributed by atoms with Crippen LogP contribution >= 0.6 is 7.82 Å². The molecule has 0 aliphatic heterocycles. The monoisotopic (exact) mass is 705 g/mol. The standard InChI is InChI=1S/C37H72NO9P/c1-3-5-7-9-11-13-15-17-18-20-22-24-26-28-30-44-31-34(32-45-48(42,43)46-33-35(38)37(40)41)47-36(39)29-27-25-23-21-19-16-14-12-10-8-6-4-2/h13,15,34-35H,3-12,14,16-33,38H2,1-2H3,(H,40,41)(H,42,43)/b15-13-. The summed E-state index contributed by atoms with van der Waals surface area (Å²) in [5, 5.41) is 8.86. The lowest BCUT2D eigenvalue weighted by Gasteiger charge is -2.20. The van der Waals surface area contributed by atoms with Crippen LogP contribution in [0, 0.1) is 0 Å². The van der Waals surface area contributed by atoms with E-state index in [-0.39, 0.29) is 13.0 Å². The molecule has 0 aliphatic rings. The van der Waals surface area contributed by atoms with E-state index in [1.807, 2.05) is 0 Å². The van der Waals surface area contributed by atoms with Crippen molar-refractivity contribution in [2.45, 2.75) is 187 Å². The Labute approximate surface area is 292 Å². The topological polar surface area (TPSA) is 155 Å². The second kappa shape index (κ2) is 34.2. The van der Waals surface area contributed by atoms with Gasteiger partial charge in [-0.2, -0.15) is 0 Å². The highest BCUT2D eigenvalue weighted by Gasteiger charge is 2.27. The van der Waals surface area contributed by atoms with Gasteiger partial charge >= 0.3 is 19.8 Å². The molecule has 0 saturated heterocycles. The highest BCUT2D eigenvalue weighted by molar-refractivity contribution is 7.47. The zero-order chi connectivity index (χ0) is 35.6. The number of aliphatic carboxylic acids is 1. The summed E-state index contributed by atoms with van der Waals surface area (Å²) in [6, 6.07) is -1.47. The Morgan fingerprint density at radius 1 is 0.646 bits per heavy atom. The Morgan fingerprint density at radius 2 is 1.08 bits per heavy atom. The highest BCUT2D eigenvalue weighted by Crippen LogP contribution is 2.43. The molecule has 0 aromatic carbocycles. The Kier molecular flexibility index (Phi) is 33.3. The molecule has 0 saturated carbocycles. The lowest BCUT2D eigenvalue weighted by atomic mass is 10.0. The number of carboxylic acid groups (broad SMARTS) is 1. The van der Waals surface area contributed by atoms with Gasteiger partial charge < -0.3 is 25.2 Å². The zero-order valence-corrected chi connectivity index (χ0v) is 31.5. The number of nitrogens with two attached hydrogens (primary N) is 1. The minimum Gasteiger partial charge on any atom is -0.480 e. The van der Waals surface area contributed by atoms with E-state index in [1.165, 1.54) is 109 Å². The largest absolute Gasteiger partial charge is 0.480 e. The maximum Gasteiger partial charge on any atom is 0.472 e. The van der Waals surface area contributed by atoms with Gasteiger partial charge in [0, 0.05) is 13.0 Å². The number of hydrogen-bond acceptors (Lipinski definition) is 8. The average Bonchev–Trinajstić information content (AvgIpc) is 3.06. The summed E-state index contributed by atoms with van der Waals surface area (Å²) in [6.07, 6.45) is 32.6. The molecule has 10 nitrogen and oxygen atoms in total. The molecule has 0 bridgehead atoms. The van der Waals surface area contributed by atoms with Gasteiger partial charge in [0.2, 0.25) is 0 Å². The van der Waals surface area contributed by atoms with Crippen molar-refractivity contribution in [3.8, 4) is 0 Å². The van der Waals surface area contributed by atoms with Crippen LogP contribution in [0.5, 0.6) is 0 Å². The molecule has 0 aromatic rings. The van der Waals surface area contributed by atoms with Gasteiger partial charge in [0.1, 0.15) is 12.1 Å². The number of esters is 1. The van der Waals surface area contributed by atoms with E-state index in [2.05, 4.69) is 30.5 Å². The van der Waals surface area contributed by atoms with Crippen LogP contribution in [0.4, 0.5) is 0 Å². The predicted molar refractivity (Wildman–Crippen MR) is 194 cm³/mol. The molecule has 0 aliphatic carbocycles. The van der Waals surface area contributed by atoms with Gasteiger partial charge in [0.05, 0.1) is 19.8 Å². The number of carbonyl (C=O) groups is 2. The molecule has 0 rings (SSSR count). The molecular weight excluding hydrogens is 633 g/mol. The molecule has 0 radical (unpaired) electrons. The first kappa shape index (κ1) is 46.7. The number of carbonyl (C=O) groups excluding carboxylic acids is 1. The molecule has 284 valence electrons. The van der Waals surface area contributed by atoms with E-state index in [9.17, 15) is 19.0 Å². The Hall–Kier alpha value is -1.29. The fourth-order valence-corrected chi connectivity index (χ4v) is 6.02. The fourth-order valence-electron chi connectivity index (χ4n) is 5.24. The van der Waals surface area contributed by atoms with E-state index in [0.717, 1.165) is 38.5 Å². The zero-order valence-electron chi connectivity index (χ0n) is 30.6. The lowest BCUT2D eigenvalue weighted by molar-refractivity contribution is -0.154. The van der Waals surface area contributed by atoms with Crippen LogP contribution in [0.3, 0.4) is 0 Å². The van der Waals surface area contributed by atoms with E-state index in [1.54, 1.807) is 0 Å². The third-order valence-corrected chi connectivity index (χ3v) is 9.25. The first-order chi connectivity index (χ1) is 23.2. The molecule has 3 atom stereocenters. The molecule has 4 N–H and O–H groups in total. The first-order valence-corrected chi connectivity index (χ1v) is 20.7. The Morgan fingerprint density at radius 3 is 1.60 bits per heavy atom. The number of phosphoric acid groups is 1. The predicted octanol–water partition coefficient (Wildman–Crippen LogP) is 9.81. The van der Waals surface area contributed by atoms with Crippen LogP contribution in [0.2, 0.25) is 0 Å². The molecular formula is C37H72NO9P. The van der Waals surface area contributed by atoms with Crippen molar-refractivity contribution in [2.75, 3.05) is 26.4 Å². The summed E-state index contributed by atoms with van der Waals surface area (Å²) < 4.78 is 33.2. The molecule has 11 heteroatoms. The number of carboxylic acids is 1. The van der Waals surface area contributed by atoms with E-state index in [0.29, 0.717) is 13.0 Å². The second-order valence-electron chi connectivity index (χ2n) is 13.1.